The van der Waals surface area contributed by atoms with Crippen molar-refractivity contribution in [1.82, 2.24) is 24.9 Å². The molecule has 2 rings (SSSR count). The van der Waals surface area contributed by atoms with E-state index in [2.05, 4.69) is 20.1 Å². The van der Waals surface area contributed by atoms with Gasteiger partial charge in [0.05, 0.1) is 6.20 Å². The van der Waals surface area contributed by atoms with E-state index in [0.29, 0.717) is 4.85 Å². The van der Waals surface area contributed by atoms with Crippen LogP contribution < -0.4 is 4.74 Å². The molecular weight excluding hydrogens is 230 g/mol. The van der Waals surface area contributed by atoms with Gasteiger partial charge < -0.3 is 15.1 Å². The van der Waals surface area contributed by atoms with Crippen molar-refractivity contribution in [2.24, 2.45) is 0 Å². The Morgan fingerprint density at radius 3 is 2.94 bits per heavy atom. The minimum absolute atomic E-state index is 0.0125. The van der Waals surface area contributed by atoms with Gasteiger partial charge in [0, 0.05) is 12.4 Å². The molecule has 0 bridgehead atoms. The van der Waals surface area contributed by atoms with Gasteiger partial charge >= 0.3 is 12.0 Å². The highest BCUT2D eigenvalue weighted by Gasteiger charge is 2.14. The van der Waals surface area contributed by atoms with Gasteiger partial charge in [-0.2, -0.15) is 4.98 Å². The Morgan fingerprint density at radius 2 is 2.29 bits per heavy atom. The lowest BCUT2D eigenvalue weighted by molar-refractivity contribution is -0.139. The van der Waals surface area contributed by atoms with Crippen molar-refractivity contribution in [3.63, 3.8) is 0 Å². The molecule has 0 fully saturated rings. The molecule has 0 unspecified atom stereocenters. The van der Waals surface area contributed by atoms with Crippen LogP contribution >= 0.6 is 0 Å². The maximum absolute atomic E-state index is 10.3. The third-order valence-corrected chi connectivity index (χ3v) is 1.69. The summed E-state index contributed by atoms with van der Waals surface area (Å²) in [4.78, 5) is 22.2. The molecule has 2 aromatic heterocycles. The third kappa shape index (κ3) is 2.45. The highest BCUT2D eigenvalue weighted by Crippen LogP contribution is 2.14. The minimum atomic E-state index is -1.17. The molecule has 0 aromatic carbocycles. The molecule has 0 aliphatic rings. The van der Waals surface area contributed by atoms with E-state index in [1.807, 2.05) is 0 Å². The highest BCUT2D eigenvalue weighted by atomic mass is 16.5. The lowest BCUT2D eigenvalue weighted by Crippen LogP contribution is -2.10. The Morgan fingerprint density at radius 1 is 1.47 bits per heavy atom. The second-order valence-corrected chi connectivity index (χ2v) is 2.88. The number of nitrogens with zero attached hydrogens (tertiary/aromatic N) is 5. The maximum Gasteiger partial charge on any atom is 0.341 e. The minimum Gasteiger partial charge on any atom is -0.479 e. The molecule has 0 atom stereocenters. The zero-order chi connectivity index (χ0) is 12.3. The number of rotatable bonds is 4. The van der Waals surface area contributed by atoms with E-state index >= 15 is 0 Å². The molecule has 2 heterocycles. The number of ether oxygens (including phenoxy) is 1. The van der Waals surface area contributed by atoms with Gasteiger partial charge in [-0.15, -0.1) is 0 Å². The van der Waals surface area contributed by atoms with E-state index < -0.39 is 12.6 Å². The molecule has 2 aromatic rings. The number of carboxylic acids is 1. The number of hydrogen-bond donors (Lipinski definition) is 2. The molecule has 17 heavy (non-hydrogen) atoms. The average molecular weight is 237 g/mol. The van der Waals surface area contributed by atoms with Crippen LogP contribution in [0.1, 0.15) is 0 Å². The second-order valence-electron chi connectivity index (χ2n) is 2.88. The molecule has 0 saturated carbocycles. The van der Waals surface area contributed by atoms with Gasteiger partial charge in [-0.05, 0) is 0 Å². The quantitative estimate of drug-likeness (QED) is 0.678. The van der Waals surface area contributed by atoms with Crippen LogP contribution in [0.5, 0.6) is 6.01 Å². The third-order valence-electron chi connectivity index (χ3n) is 1.69. The van der Waals surface area contributed by atoms with Crippen molar-refractivity contribution in [2.45, 2.75) is 0 Å². The Hall–Kier alpha value is -2.71. The highest BCUT2D eigenvalue weighted by molar-refractivity contribution is 5.68. The number of aliphatic carboxylic acids is 1. The summed E-state index contributed by atoms with van der Waals surface area (Å²) in [6.07, 6.45) is 4.25. The normalized spacial score (nSPS) is 10.1. The summed E-state index contributed by atoms with van der Waals surface area (Å²) in [7, 11) is 0. The Bertz CT molecular complexity index is 526. The topological polar surface area (TPSA) is 123 Å². The van der Waals surface area contributed by atoms with Crippen molar-refractivity contribution >= 4 is 5.97 Å². The van der Waals surface area contributed by atoms with Gasteiger partial charge in [-0.3, -0.25) is 4.98 Å². The Kier molecular flexibility index (Phi) is 2.81. The number of carbonyl (C=O) groups is 1. The van der Waals surface area contributed by atoms with E-state index in [9.17, 15) is 10.0 Å². The second kappa shape index (κ2) is 4.43. The fraction of sp³-hybridized carbons (Fsp3) is 0.125. The van der Waals surface area contributed by atoms with Crippen LogP contribution in [-0.4, -0.2) is 47.8 Å². The first-order valence-electron chi connectivity index (χ1n) is 4.44. The standard InChI is InChI=1S/C8H7N5O4/c14-6(15)4-17-8-11-7(13(16)12-8)5-3-9-1-2-10-5/h1-3,16H,4H2,(H,14,15). The lowest BCUT2D eigenvalue weighted by Gasteiger charge is -1.94. The summed E-state index contributed by atoms with van der Waals surface area (Å²) in [5, 5.41) is 21.3. The Labute approximate surface area is 94.3 Å². The van der Waals surface area contributed by atoms with Gasteiger partial charge in [0.2, 0.25) is 5.82 Å². The molecule has 0 radical (unpaired) electrons. The number of hydrogen-bond acceptors (Lipinski definition) is 7. The smallest absolute Gasteiger partial charge is 0.341 e. The zero-order valence-corrected chi connectivity index (χ0v) is 8.39. The SMILES string of the molecule is O=C(O)COc1nc(-c2cnccn2)n(O)n1. The molecule has 0 aliphatic carbocycles. The van der Waals surface area contributed by atoms with Crippen molar-refractivity contribution in [3.8, 4) is 17.5 Å². The van der Waals surface area contributed by atoms with Gasteiger partial charge in [0.15, 0.2) is 6.61 Å². The van der Waals surface area contributed by atoms with Crippen LogP contribution in [0.4, 0.5) is 0 Å². The predicted molar refractivity (Wildman–Crippen MR) is 51.4 cm³/mol. The zero-order valence-electron chi connectivity index (χ0n) is 8.39. The first-order valence-corrected chi connectivity index (χ1v) is 4.44. The van der Waals surface area contributed by atoms with Crippen LogP contribution in [0.15, 0.2) is 18.6 Å². The summed E-state index contributed by atoms with van der Waals surface area (Å²) >= 11 is 0. The fourth-order valence-electron chi connectivity index (χ4n) is 1.05. The predicted octanol–water partition coefficient (Wildman–Crippen LogP) is -0.564. The van der Waals surface area contributed by atoms with Crippen molar-refractivity contribution in [3.05, 3.63) is 18.6 Å². The van der Waals surface area contributed by atoms with Gasteiger partial charge in [0.25, 0.3) is 0 Å². The maximum atomic E-state index is 10.3. The van der Waals surface area contributed by atoms with Crippen LogP contribution in [0.3, 0.4) is 0 Å². The molecular formula is C8H7N5O4. The fourth-order valence-corrected chi connectivity index (χ4v) is 1.05. The van der Waals surface area contributed by atoms with E-state index in [4.69, 9.17) is 9.84 Å². The summed E-state index contributed by atoms with van der Waals surface area (Å²) in [6.45, 7) is -0.593. The number of aromatic nitrogens is 5. The van der Waals surface area contributed by atoms with Crippen LogP contribution in [0.25, 0.3) is 11.5 Å². The molecule has 0 amide bonds. The molecule has 9 nitrogen and oxygen atoms in total. The van der Waals surface area contributed by atoms with Crippen molar-refractivity contribution < 1.29 is 19.8 Å². The molecule has 9 heteroatoms. The first kappa shape index (κ1) is 10.8. The monoisotopic (exact) mass is 237 g/mol. The summed E-state index contributed by atoms with van der Waals surface area (Å²) in [6, 6.07) is -0.254. The van der Waals surface area contributed by atoms with Crippen LogP contribution in [-0.2, 0) is 4.79 Å². The largest absolute Gasteiger partial charge is 0.479 e. The van der Waals surface area contributed by atoms with E-state index in [0.717, 1.165) is 0 Å². The van der Waals surface area contributed by atoms with E-state index in [-0.39, 0.29) is 17.5 Å². The van der Waals surface area contributed by atoms with Gasteiger partial charge in [-0.25, -0.2) is 9.78 Å². The molecule has 0 spiro atoms. The van der Waals surface area contributed by atoms with Crippen molar-refractivity contribution in [1.29, 1.82) is 0 Å². The summed E-state index contributed by atoms with van der Waals surface area (Å²) in [5.41, 5.74) is 0.285. The molecule has 0 saturated heterocycles. The Balaban J connectivity index is 2.22. The van der Waals surface area contributed by atoms with E-state index in [1.165, 1.54) is 18.6 Å². The molecule has 2 N–H and O–H groups in total. The van der Waals surface area contributed by atoms with Gasteiger partial charge in [0.1, 0.15) is 5.69 Å². The molecule has 0 aliphatic heterocycles. The molecule has 88 valence electrons. The lowest BCUT2D eigenvalue weighted by atomic mass is 10.4. The van der Waals surface area contributed by atoms with Crippen molar-refractivity contribution in [2.75, 3.05) is 6.61 Å². The van der Waals surface area contributed by atoms with E-state index in [1.54, 1.807) is 0 Å². The van der Waals surface area contributed by atoms with Crippen LogP contribution in [0.2, 0.25) is 0 Å². The number of carboxylic acid groups (broad SMARTS) is 1. The van der Waals surface area contributed by atoms with Gasteiger partial charge in [-0.1, -0.05) is 9.94 Å². The summed E-state index contributed by atoms with van der Waals surface area (Å²) in [5.74, 6) is -1.15. The average Bonchev–Trinajstić information content (AvgIpc) is 2.69. The first-order chi connectivity index (χ1) is 8.16. The summed E-state index contributed by atoms with van der Waals surface area (Å²) < 4.78 is 4.70. The van der Waals surface area contributed by atoms with Crippen LogP contribution in [0, 0.1) is 0 Å².